The van der Waals surface area contributed by atoms with Crippen LogP contribution in [0, 0.1) is 40.7 Å². The molecule has 0 aliphatic heterocycles. The lowest BCUT2D eigenvalue weighted by Gasteiger charge is -2.11. The van der Waals surface area contributed by atoms with Gasteiger partial charge in [0.25, 0.3) is 11.6 Å². The van der Waals surface area contributed by atoms with Crippen LogP contribution in [0.5, 0.6) is 0 Å². The van der Waals surface area contributed by atoms with Gasteiger partial charge in [0.15, 0.2) is 0 Å². The second-order valence-corrected chi connectivity index (χ2v) is 7.52. The van der Waals surface area contributed by atoms with E-state index in [9.17, 15) is 19.7 Å². The summed E-state index contributed by atoms with van der Waals surface area (Å²) in [6.45, 7) is 1.52. The molecule has 132 valence electrons. The fourth-order valence-electron chi connectivity index (χ4n) is 5.02. The average Bonchev–Trinajstić information content (AvgIpc) is 2.95. The van der Waals surface area contributed by atoms with E-state index in [0.717, 1.165) is 11.8 Å². The molecule has 7 heteroatoms. The van der Waals surface area contributed by atoms with Crippen molar-refractivity contribution in [3.63, 3.8) is 0 Å². The van der Waals surface area contributed by atoms with Crippen LogP contribution >= 0.6 is 0 Å². The van der Waals surface area contributed by atoms with Gasteiger partial charge in [0.05, 0.1) is 11.5 Å². The van der Waals surface area contributed by atoms with Crippen LogP contribution in [0.1, 0.15) is 35.2 Å². The highest BCUT2D eigenvalue weighted by Crippen LogP contribution is 2.65. The maximum Gasteiger partial charge on any atom is 0.272 e. The summed E-state index contributed by atoms with van der Waals surface area (Å²) < 4.78 is 0. The molecule has 3 aliphatic rings. The first-order chi connectivity index (χ1) is 12.0. The minimum absolute atomic E-state index is 0.0239. The largest absolute Gasteiger partial charge is 0.351 e. The Bertz CT molecular complexity index is 747. The first-order valence-corrected chi connectivity index (χ1v) is 8.78. The van der Waals surface area contributed by atoms with Gasteiger partial charge in [-0.15, -0.1) is 0 Å². The molecular weight excluding hydrogens is 322 g/mol. The van der Waals surface area contributed by atoms with E-state index in [-0.39, 0.29) is 18.1 Å². The van der Waals surface area contributed by atoms with E-state index < -0.39 is 10.8 Å². The standard InChI is InChI=1S/C18H21N3O4/c1-9-6-12(4-5-13(9)21(24)25)18(23)19-8-14(22)20-17-15-10-2-3-11(7-10)16(15)17/h4-6,10-11,15-17H,2-3,7-8H2,1H3,(H,19,23)(H,20,22)/t10-,11-,15+,16+/m0/s1. The van der Waals surface area contributed by atoms with E-state index in [1.54, 1.807) is 6.92 Å². The van der Waals surface area contributed by atoms with Gasteiger partial charge in [0.1, 0.15) is 0 Å². The van der Waals surface area contributed by atoms with Crippen molar-refractivity contribution in [3.8, 4) is 0 Å². The smallest absolute Gasteiger partial charge is 0.272 e. The molecular formula is C18H21N3O4. The molecule has 1 aromatic rings. The number of amides is 2. The third-order valence-corrected chi connectivity index (χ3v) is 6.13. The van der Waals surface area contributed by atoms with E-state index >= 15 is 0 Å². The van der Waals surface area contributed by atoms with Gasteiger partial charge in [-0.25, -0.2) is 0 Å². The molecule has 0 unspecified atom stereocenters. The third kappa shape index (κ3) is 2.77. The van der Waals surface area contributed by atoms with Gasteiger partial charge in [-0.3, -0.25) is 19.7 Å². The Morgan fingerprint density at radius 2 is 1.92 bits per heavy atom. The van der Waals surface area contributed by atoms with Gasteiger partial charge >= 0.3 is 0 Å². The van der Waals surface area contributed by atoms with Crippen molar-refractivity contribution in [1.82, 2.24) is 10.6 Å². The Morgan fingerprint density at radius 3 is 2.52 bits per heavy atom. The van der Waals surface area contributed by atoms with Crippen LogP contribution < -0.4 is 10.6 Å². The molecule has 2 bridgehead atoms. The Morgan fingerprint density at radius 1 is 1.24 bits per heavy atom. The van der Waals surface area contributed by atoms with Crippen molar-refractivity contribution in [2.75, 3.05) is 6.54 Å². The van der Waals surface area contributed by atoms with Gasteiger partial charge in [-0.05, 0) is 62.0 Å². The van der Waals surface area contributed by atoms with Crippen molar-refractivity contribution in [3.05, 3.63) is 39.4 Å². The third-order valence-electron chi connectivity index (χ3n) is 6.13. The molecule has 25 heavy (non-hydrogen) atoms. The molecule has 0 aromatic heterocycles. The number of nitro groups is 1. The monoisotopic (exact) mass is 343 g/mol. The van der Waals surface area contributed by atoms with Crippen LogP contribution in [0.15, 0.2) is 18.2 Å². The minimum atomic E-state index is -0.482. The summed E-state index contributed by atoms with van der Waals surface area (Å²) in [4.78, 5) is 34.6. The number of carbonyl (C=O) groups excluding carboxylic acids is 2. The van der Waals surface area contributed by atoms with Crippen molar-refractivity contribution in [2.24, 2.45) is 23.7 Å². The number of nitrogens with one attached hydrogen (secondary N) is 2. The molecule has 0 saturated heterocycles. The molecule has 3 saturated carbocycles. The van der Waals surface area contributed by atoms with Gasteiger partial charge < -0.3 is 10.6 Å². The number of carbonyl (C=O) groups is 2. The predicted octanol–water partition coefficient (Wildman–Crippen LogP) is 1.79. The quantitative estimate of drug-likeness (QED) is 0.628. The van der Waals surface area contributed by atoms with Gasteiger partial charge in [0, 0.05) is 23.2 Å². The molecule has 0 heterocycles. The first kappa shape index (κ1) is 16.1. The van der Waals surface area contributed by atoms with Crippen LogP contribution in [0.2, 0.25) is 0 Å². The number of hydrogen-bond acceptors (Lipinski definition) is 4. The molecule has 2 amide bonds. The Kier molecular flexibility index (Phi) is 3.74. The predicted molar refractivity (Wildman–Crippen MR) is 89.9 cm³/mol. The molecule has 1 aromatic carbocycles. The van der Waals surface area contributed by atoms with Crippen molar-refractivity contribution < 1.29 is 14.5 Å². The second kappa shape index (κ2) is 5.82. The second-order valence-electron chi connectivity index (χ2n) is 7.52. The van der Waals surface area contributed by atoms with Crippen LogP contribution in [0.25, 0.3) is 0 Å². The fraction of sp³-hybridized carbons (Fsp3) is 0.556. The van der Waals surface area contributed by atoms with E-state index in [1.807, 2.05) is 0 Å². The highest BCUT2D eigenvalue weighted by atomic mass is 16.6. The highest BCUT2D eigenvalue weighted by molar-refractivity contribution is 5.97. The SMILES string of the molecule is Cc1cc(C(=O)NCC(=O)NC2[C@@H]3[C@H]4CC[C@@H](C4)[C@@H]23)ccc1[N+](=O)[O-]. The summed E-state index contributed by atoms with van der Waals surface area (Å²) in [5.41, 5.74) is 0.713. The Hall–Kier alpha value is -2.44. The number of benzene rings is 1. The maximum absolute atomic E-state index is 12.1. The summed E-state index contributed by atoms with van der Waals surface area (Å²) in [5.74, 6) is 2.34. The number of rotatable bonds is 5. The van der Waals surface area contributed by atoms with Crippen LogP contribution in [-0.2, 0) is 4.79 Å². The Balaban J connectivity index is 1.28. The van der Waals surface area contributed by atoms with Gasteiger partial charge in [0.2, 0.25) is 5.91 Å². The van der Waals surface area contributed by atoms with Gasteiger partial charge in [-0.1, -0.05) is 0 Å². The Labute approximate surface area is 145 Å². The minimum Gasteiger partial charge on any atom is -0.351 e. The topological polar surface area (TPSA) is 101 Å². The van der Waals surface area contributed by atoms with Crippen LogP contribution in [0.3, 0.4) is 0 Å². The molecule has 2 N–H and O–H groups in total. The number of fused-ring (bicyclic) bond motifs is 5. The zero-order valence-electron chi connectivity index (χ0n) is 14.0. The lowest BCUT2D eigenvalue weighted by Crippen LogP contribution is -2.39. The van der Waals surface area contributed by atoms with E-state index in [1.165, 1.54) is 37.5 Å². The van der Waals surface area contributed by atoms with Crippen molar-refractivity contribution in [1.29, 1.82) is 0 Å². The molecule has 7 nitrogen and oxygen atoms in total. The summed E-state index contributed by atoms with van der Waals surface area (Å²) in [6, 6.07) is 4.48. The summed E-state index contributed by atoms with van der Waals surface area (Å²) in [5, 5.41) is 16.5. The van der Waals surface area contributed by atoms with E-state index in [2.05, 4.69) is 10.6 Å². The van der Waals surface area contributed by atoms with Crippen LogP contribution in [0.4, 0.5) is 5.69 Å². The molecule has 3 fully saturated rings. The van der Waals surface area contributed by atoms with Crippen molar-refractivity contribution >= 4 is 17.5 Å². The van der Waals surface area contributed by atoms with Gasteiger partial charge in [-0.2, -0.15) is 0 Å². The number of nitro benzene ring substituents is 1. The molecule has 4 rings (SSSR count). The summed E-state index contributed by atoms with van der Waals surface area (Å²) in [7, 11) is 0. The number of aryl methyl sites for hydroxylation is 1. The zero-order valence-corrected chi connectivity index (χ0v) is 14.0. The molecule has 0 spiro atoms. The molecule has 0 radical (unpaired) electrons. The highest BCUT2D eigenvalue weighted by Gasteiger charge is 2.65. The van der Waals surface area contributed by atoms with Crippen LogP contribution in [-0.4, -0.2) is 29.3 Å². The lowest BCUT2D eigenvalue weighted by molar-refractivity contribution is -0.385. The molecule has 4 atom stereocenters. The van der Waals surface area contributed by atoms with Crippen molar-refractivity contribution in [2.45, 2.75) is 32.2 Å². The van der Waals surface area contributed by atoms with E-state index in [4.69, 9.17) is 0 Å². The summed E-state index contributed by atoms with van der Waals surface area (Å²) >= 11 is 0. The van der Waals surface area contributed by atoms with E-state index in [0.29, 0.717) is 29.0 Å². The maximum atomic E-state index is 12.1. The number of hydrogen-bond donors (Lipinski definition) is 2. The normalized spacial score (nSPS) is 31.3. The number of nitrogens with zero attached hydrogens (tertiary/aromatic N) is 1. The summed E-state index contributed by atoms with van der Waals surface area (Å²) in [6.07, 6.45) is 3.93. The fourth-order valence-corrected chi connectivity index (χ4v) is 5.02. The zero-order chi connectivity index (χ0) is 17.7. The average molecular weight is 343 g/mol. The first-order valence-electron chi connectivity index (χ1n) is 8.78. The molecule has 3 aliphatic carbocycles. The lowest BCUT2D eigenvalue weighted by atomic mass is 10.0.